The zero-order valence-corrected chi connectivity index (χ0v) is 25.8. The minimum Gasteiger partial charge on any atom is -0.507 e. The Balaban J connectivity index is 1.41. The molecule has 5 aromatic rings. The number of aliphatic hydroxyl groups is 5. The molecule has 0 amide bonds. The zero-order valence-electron chi connectivity index (χ0n) is 25.8. The first-order valence-corrected chi connectivity index (χ1v) is 15.2. The summed E-state index contributed by atoms with van der Waals surface area (Å²) in [5, 5.41) is 105. The molecule has 1 saturated heterocycles. The fraction of sp³-hybridized carbons (Fsp3) is 0.333. The third-order valence-corrected chi connectivity index (χ3v) is 9.13. The number of hydrogen-bond donors (Lipinski definition) is 10. The molecule has 7 atom stereocenters. The van der Waals surface area contributed by atoms with Crippen molar-refractivity contribution in [3.05, 3.63) is 56.0 Å². The average molecular weight is 699 g/mol. The van der Waals surface area contributed by atoms with E-state index >= 15 is 0 Å². The lowest BCUT2D eigenvalue weighted by Crippen LogP contribution is -2.59. The van der Waals surface area contributed by atoms with E-state index in [4.69, 9.17) is 23.0 Å². The maximum absolute atomic E-state index is 14.1. The molecule has 7 unspecified atom stereocenters. The fourth-order valence-electron chi connectivity index (χ4n) is 6.62. The molecule has 3 aromatic carbocycles. The molecule has 2 aliphatic rings. The molecule has 1 fully saturated rings. The first kappa shape index (κ1) is 33.4. The van der Waals surface area contributed by atoms with Gasteiger partial charge in [-0.1, -0.05) is 0 Å². The van der Waals surface area contributed by atoms with Crippen LogP contribution in [0.25, 0.3) is 44.0 Å². The third kappa shape index (κ3) is 4.90. The first-order valence-electron chi connectivity index (χ1n) is 15.2. The van der Waals surface area contributed by atoms with E-state index in [0.29, 0.717) is 0 Å². The van der Waals surface area contributed by atoms with Crippen molar-refractivity contribution < 1.29 is 74.1 Å². The van der Waals surface area contributed by atoms with E-state index in [1.54, 1.807) is 0 Å². The van der Waals surface area contributed by atoms with Gasteiger partial charge in [0.25, 0.3) is 0 Å². The molecular formula is C33H30O17. The minimum atomic E-state index is -1.82. The zero-order chi connectivity index (χ0) is 35.9. The van der Waals surface area contributed by atoms with E-state index in [1.807, 2.05) is 0 Å². The molecule has 2 aromatic heterocycles. The highest BCUT2D eigenvalue weighted by Gasteiger charge is 2.46. The molecule has 17 nitrogen and oxygen atoms in total. The fourth-order valence-corrected chi connectivity index (χ4v) is 6.62. The largest absolute Gasteiger partial charge is 0.507 e. The molecule has 0 bridgehead atoms. The van der Waals surface area contributed by atoms with Gasteiger partial charge in [0.1, 0.15) is 92.4 Å². The molecule has 0 spiro atoms. The number of methoxy groups -OCH3 is 1. The molecule has 1 aliphatic carbocycles. The number of hydrogen-bond acceptors (Lipinski definition) is 17. The van der Waals surface area contributed by atoms with Crippen LogP contribution in [-0.2, 0) is 9.47 Å². The summed E-state index contributed by atoms with van der Waals surface area (Å²) in [7, 11) is 1.31. The van der Waals surface area contributed by atoms with Crippen molar-refractivity contribution in [1.82, 2.24) is 0 Å². The van der Waals surface area contributed by atoms with Crippen LogP contribution in [0.3, 0.4) is 0 Å². The summed E-state index contributed by atoms with van der Waals surface area (Å²) in [4.78, 5) is 27.7. The quantitative estimate of drug-likeness (QED) is 0.0902. The van der Waals surface area contributed by atoms with Crippen LogP contribution in [0, 0.1) is 0 Å². The number of fused-ring (bicyclic) bond motifs is 4. The van der Waals surface area contributed by atoms with Gasteiger partial charge in [0.2, 0.25) is 10.9 Å². The highest BCUT2D eigenvalue weighted by atomic mass is 16.7. The van der Waals surface area contributed by atoms with Crippen LogP contribution in [-0.4, -0.2) is 95.5 Å². The summed E-state index contributed by atoms with van der Waals surface area (Å²) in [6.45, 7) is -0.747. The molecule has 50 heavy (non-hydrogen) atoms. The van der Waals surface area contributed by atoms with Gasteiger partial charge in [-0.15, -0.1) is 0 Å². The first-order chi connectivity index (χ1) is 23.8. The van der Waals surface area contributed by atoms with E-state index < -0.39 is 122 Å². The summed E-state index contributed by atoms with van der Waals surface area (Å²) >= 11 is 0. The maximum Gasteiger partial charge on any atom is 0.208 e. The minimum absolute atomic E-state index is 0.0244. The van der Waals surface area contributed by atoms with Crippen LogP contribution in [0.4, 0.5) is 0 Å². The smallest absolute Gasteiger partial charge is 0.208 e. The van der Waals surface area contributed by atoms with E-state index in [9.17, 15) is 60.7 Å². The van der Waals surface area contributed by atoms with Gasteiger partial charge in [-0.2, -0.15) is 0 Å². The van der Waals surface area contributed by atoms with Gasteiger partial charge in [-0.25, -0.2) is 0 Å². The van der Waals surface area contributed by atoms with E-state index in [0.717, 1.165) is 18.2 Å². The number of aromatic hydroxyl groups is 5. The van der Waals surface area contributed by atoms with Crippen LogP contribution in [0.5, 0.6) is 34.5 Å². The Morgan fingerprint density at radius 3 is 2.18 bits per heavy atom. The molecule has 10 N–H and O–H groups in total. The summed E-state index contributed by atoms with van der Waals surface area (Å²) in [5.74, 6) is -4.16. The highest BCUT2D eigenvalue weighted by Crippen LogP contribution is 2.50. The van der Waals surface area contributed by atoms with E-state index in [2.05, 4.69) is 0 Å². The number of phenols is 5. The van der Waals surface area contributed by atoms with Crippen molar-refractivity contribution in [2.75, 3.05) is 13.7 Å². The normalized spacial score (nSPS) is 25.3. The standard InChI is InChI=1S/C33H30O17/c1-46-9-4-12(36)20-16(5-9)47-32-14(38)6-10(24(39)23(32)27(20)42)19-13(37)7-17-21(26(19)41)28(43)22-15(3-2-11(35)31(22)48-17)49-33-30(45)29(44)25(40)18(8-34)50-33/h4-7,11,15,18,25,29-30,33-41,44-45H,2-3,8H2,1H3. The Bertz CT molecular complexity index is 2310. The predicted molar refractivity (Wildman–Crippen MR) is 168 cm³/mol. The average Bonchev–Trinajstić information content (AvgIpc) is 3.07. The van der Waals surface area contributed by atoms with Crippen molar-refractivity contribution in [1.29, 1.82) is 0 Å². The molecule has 17 heteroatoms. The monoisotopic (exact) mass is 698 g/mol. The number of benzene rings is 3. The van der Waals surface area contributed by atoms with Crippen LogP contribution >= 0.6 is 0 Å². The second-order valence-electron chi connectivity index (χ2n) is 12.1. The number of aliphatic hydroxyl groups excluding tert-OH is 5. The van der Waals surface area contributed by atoms with Crippen LogP contribution in [0.15, 0.2) is 42.7 Å². The lowest BCUT2D eigenvalue weighted by Gasteiger charge is -2.41. The Kier molecular flexibility index (Phi) is 8.02. The van der Waals surface area contributed by atoms with Gasteiger partial charge >= 0.3 is 0 Å². The molecule has 3 heterocycles. The van der Waals surface area contributed by atoms with Gasteiger partial charge < -0.3 is 74.1 Å². The Morgan fingerprint density at radius 2 is 1.48 bits per heavy atom. The van der Waals surface area contributed by atoms with Gasteiger partial charge in [0, 0.05) is 23.8 Å². The third-order valence-electron chi connectivity index (χ3n) is 9.13. The van der Waals surface area contributed by atoms with E-state index in [1.165, 1.54) is 13.2 Å². The lowest BCUT2D eigenvalue weighted by atomic mass is 9.89. The number of rotatable bonds is 5. The second-order valence-corrected chi connectivity index (χ2v) is 12.1. The topological polar surface area (TPSA) is 290 Å². The summed E-state index contributed by atoms with van der Waals surface area (Å²) in [6.07, 6.45) is -11.0. The maximum atomic E-state index is 14.1. The van der Waals surface area contributed by atoms with Gasteiger partial charge in [-0.05, 0) is 18.9 Å². The lowest BCUT2D eigenvalue weighted by molar-refractivity contribution is -0.314. The highest BCUT2D eigenvalue weighted by molar-refractivity contribution is 6.05. The van der Waals surface area contributed by atoms with Crippen LogP contribution in [0.2, 0.25) is 0 Å². The second kappa shape index (κ2) is 12.0. The SMILES string of the molecule is COc1cc(O)c2c(=O)c3c(O)c(-c4c(O)cc5oc6c(c(=O)c5c4O)C(OC4OC(CO)C(O)C(O)C4O)CCC6O)cc(O)c3oc2c1. The van der Waals surface area contributed by atoms with E-state index in [-0.39, 0.29) is 40.9 Å². The Morgan fingerprint density at radius 1 is 0.760 bits per heavy atom. The van der Waals surface area contributed by atoms with Crippen LogP contribution < -0.4 is 15.6 Å². The van der Waals surface area contributed by atoms with Gasteiger partial charge in [0.05, 0.1) is 30.9 Å². The summed E-state index contributed by atoms with van der Waals surface area (Å²) in [6, 6.07) is 4.16. The van der Waals surface area contributed by atoms with Gasteiger partial charge in [0.15, 0.2) is 17.6 Å². The molecule has 0 saturated carbocycles. The number of phenolic OH excluding ortho intramolecular Hbond substituents is 5. The van der Waals surface area contributed by atoms with Crippen molar-refractivity contribution >= 4 is 32.9 Å². The molecular weight excluding hydrogens is 668 g/mol. The van der Waals surface area contributed by atoms with Gasteiger partial charge in [-0.3, -0.25) is 9.59 Å². The van der Waals surface area contributed by atoms with Crippen molar-refractivity contribution in [3.63, 3.8) is 0 Å². The molecule has 0 radical (unpaired) electrons. The Labute approximate surface area is 278 Å². The molecule has 7 rings (SSSR count). The molecule has 1 aliphatic heterocycles. The van der Waals surface area contributed by atoms with Crippen molar-refractivity contribution in [3.8, 4) is 45.6 Å². The Hall–Kier alpha value is -5.14. The predicted octanol–water partition coefficient (Wildman–Crippen LogP) is 0.941. The summed E-state index contributed by atoms with van der Waals surface area (Å²) < 4.78 is 27.7. The molecule has 264 valence electrons. The summed E-state index contributed by atoms with van der Waals surface area (Å²) in [5.41, 5.74) is -4.57. The van der Waals surface area contributed by atoms with Crippen LogP contribution in [0.1, 0.15) is 36.4 Å². The van der Waals surface area contributed by atoms with Crippen molar-refractivity contribution in [2.45, 2.75) is 55.8 Å². The van der Waals surface area contributed by atoms with Crippen molar-refractivity contribution in [2.24, 2.45) is 0 Å². The number of ether oxygens (including phenoxy) is 3.